The van der Waals surface area contributed by atoms with Gasteiger partial charge in [0, 0.05) is 37.0 Å². The van der Waals surface area contributed by atoms with Gasteiger partial charge in [0.25, 0.3) is 5.91 Å². The Kier molecular flexibility index (Phi) is 6.11. The number of aromatic nitrogens is 2. The SMILES string of the molecule is COc1ccc(OC)c(-c2cc(C(=O)Nc3ccc(N4CCCCC4=O)cc3)n(C)n2)c1. The molecule has 2 heterocycles. The van der Waals surface area contributed by atoms with Crippen LogP contribution in [0.15, 0.2) is 48.5 Å². The number of aryl methyl sites for hydroxylation is 1. The second-order valence-corrected chi connectivity index (χ2v) is 7.61. The molecule has 8 nitrogen and oxygen atoms in total. The van der Waals surface area contributed by atoms with Crippen LogP contribution in [0.4, 0.5) is 11.4 Å². The molecule has 32 heavy (non-hydrogen) atoms. The van der Waals surface area contributed by atoms with Crippen LogP contribution >= 0.6 is 0 Å². The first-order valence-electron chi connectivity index (χ1n) is 10.5. The first kappa shape index (κ1) is 21.4. The Bertz CT molecular complexity index is 1140. The van der Waals surface area contributed by atoms with Crippen molar-refractivity contribution in [3.05, 3.63) is 54.2 Å². The van der Waals surface area contributed by atoms with Gasteiger partial charge in [0.05, 0.1) is 19.9 Å². The molecule has 8 heteroatoms. The summed E-state index contributed by atoms with van der Waals surface area (Å²) in [4.78, 5) is 26.8. The van der Waals surface area contributed by atoms with Crippen molar-refractivity contribution in [1.29, 1.82) is 0 Å². The highest BCUT2D eigenvalue weighted by atomic mass is 16.5. The van der Waals surface area contributed by atoms with Gasteiger partial charge in [-0.05, 0) is 61.4 Å². The molecule has 1 aliphatic heterocycles. The molecule has 1 aromatic heterocycles. The Morgan fingerprint density at radius 2 is 1.81 bits per heavy atom. The van der Waals surface area contributed by atoms with E-state index in [0.29, 0.717) is 35.0 Å². The number of rotatable bonds is 6. The van der Waals surface area contributed by atoms with Crippen LogP contribution < -0.4 is 19.7 Å². The lowest BCUT2D eigenvalue weighted by atomic mass is 10.1. The van der Waals surface area contributed by atoms with Crippen LogP contribution in [0.25, 0.3) is 11.3 Å². The molecule has 1 N–H and O–H groups in total. The lowest BCUT2D eigenvalue weighted by Crippen LogP contribution is -2.35. The molecule has 3 aromatic rings. The lowest BCUT2D eigenvalue weighted by molar-refractivity contribution is -0.119. The average molecular weight is 434 g/mol. The molecule has 0 bridgehead atoms. The van der Waals surface area contributed by atoms with E-state index >= 15 is 0 Å². The minimum absolute atomic E-state index is 0.142. The second-order valence-electron chi connectivity index (χ2n) is 7.61. The normalized spacial score (nSPS) is 13.7. The summed E-state index contributed by atoms with van der Waals surface area (Å²) in [6, 6.07) is 14.5. The standard InChI is InChI=1S/C24H26N4O4/c1-27-21(15-20(26-27)19-14-18(31-2)11-12-22(19)32-3)24(30)25-16-7-9-17(10-8-16)28-13-5-4-6-23(28)29/h7-12,14-15H,4-6,13H2,1-3H3,(H,25,30). The lowest BCUT2D eigenvalue weighted by Gasteiger charge is -2.26. The van der Waals surface area contributed by atoms with Crippen molar-refractivity contribution in [3.8, 4) is 22.8 Å². The Hall–Kier alpha value is -3.81. The van der Waals surface area contributed by atoms with Gasteiger partial charge in [-0.2, -0.15) is 5.10 Å². The molecule has 0 aliphatic carbocycles. The first-order valence-corrected chi connectivity index (χ1v) is 10.5. The summed E-state index contributed by atoms with van der Waals surface area (Å²) < 4.78 is 12.3. The van der Waals surface area contributed by atoms with Crippen molar-refractivity contribution in [3.63, 3.8) is 0 Å². The number of piperidine rings is 1. The maximum Gasteiger partial charge on any atom is 0.273 e. The van der Waals surface area contributed by atoms with Crippen molar-refractivity contribution in [2.75, 3.05) is 31.0 Å². The largest absolute Gasteiger partial charge is 0.497 e. The van der Waals surface area contributed by atoms with Gasteiger partial charge in [-0.3, -0.25) is 14.3 Å². The monoisotopic (exact) mass is 434 g/mol. The van der Waals surface area contributed by atoms with Crippen LogP contribution in [0.1, 0.15) is 29.8 Å². The summed E-state index contributed by atoms with van der Waals surface area (Å²) in [5, 5.41) is 7.38. The Balaban J connectivity index is 1.52. The van der Waals surface area contributed by atoms with E-state index in [9.17, 15) is 9.59 Å². The van der Waals surface area contributed by atoms with E-state index in [4.69, 9.17) is 9.47 Å². The van der Waals surface area contributed by atoms with Gasteiger partial charge in [0.2, 0.25) is 5.91 Å². The summed E-state index contributed by atoms with van der Waals surface area (Å²) in [5.74, 6) is 1.17. The number of nitrogens with one attached hydrogen (secondary N) is 1. The highest BCUT2D eigenvalue weighted by Crippen LogP contribution is 2.33. The van der Waals surface area contributed by atoms with Crippen LogP contribution in [0, 0.1) is 0 Å². The second kappa shape index (κ2) is 9.13. The van der Waals surface area contributed by atoms with Crippen molar-refractivity contribution in [2.24, 2.45) is 7.05 Å². The van der Waals surface area contributed by atoms with Gasteiger partial charge in [-0.1, -0.05) is 0 Å². The minimum Gasteiger partial charge on any atom is -0.497 e. The van der Waals surface area contributed by atoms with Crippen molar-refractivity contribution < 1.29 is 19.1 Å². The first-order chi connectivity index (χ1) is 15.5. The fourth-order valence-electron chi connectivity index (χ4n) is 3.82. The van der Waals surface area contributed by atoms with Gasteiger partial charge >= 0.3 is 0 Å². The number of carbonyl (C=O) groups excluding carboxylic acids is 2. The van der Waals surface area contributed by atoms with Crippen LogP contribution in [0.2, 0.25) is 0 Å². The number of methoxy groups -OCH3 is 2. The van der Waals surface area contributed by atoms with E-state index in [2.05, 4.69) is 10.4 Å². The summed E-state index contributed by atoms with van der Waals surface area (Å²) in [7, 11) is 4.90. The molecule has 0 saturated carbocycles. The van der Waals surface area contributed by atoms with Gasteiger partial charge < -0.3 is 19.7 Å². The summed E-state index contributed by atoms with van der Waals surface area (Å²) >= 11 is 0. The van der Waals surface area contributed by atoms with Gasteiger partial charge in [-0.25, -0.2) is 0 Å². The maximum atomic E-state index is 12.9. The molecule has 0 atom stereocenters. The summed E-state index contributed by atoms with van der Waals surface area (Å²) in [6.45, 7) is 0.732. The quantitative estimate of drug-likeness (QED) is 0.637. The number of anilines is 2. The van der Waals surface area contributed by atoms with E-state index < -0.39 is 0 Å². The van der Waals surface area contributed by atoms with Crippen molar-refractivity contribution in [2.45, 2.75) is 19.3 Å². The maximum absolute atomic E-state index is 12.9. The molecule has 4 rings (SSSR count). The highest BCUT2D eigenvalue weighted by Gasteiger charge is 2.20. The van der Waals surface area contributed by atoms with Gasteiger partial charge in [0.1, 0.15) is 17.2 Å². The van der Waals surface area contributed by atoms with Crippen molar-refractivity contribution >= 4 is 23.2 Å². The number of hydrogen-bond acceptors (Lipinski definition) is 5. The zero-order chi connectivity index (χ0) is 22.7. The third kappa shape index (κ3) is 4.30. The predicted octanol–water partition coefficient (Wildman–Crippen LogP) is 3.87. The van der Waals surface area contributed by atoms with E-state index in [0.717, 1.165) is 30.6 Å². The van der Waals surface area contributed by atoms with Crippen molar-refractivity contribution in [1.82, 2.24) is 9.78 Å². The zero-order valence-corrected chi connectivity index (χ0v) is 18.4. The average Bonchev–Trinajstić information content (AvgIpc) is 3.21. The molecule has 0 unspecified atom stereocenters. The van der Waals surface area contributed by atoms with E-state index in [1.54, 1.807) is 56.5 Å². The molecule has 2 aromatic carbocycles. The number of hydrogen-bond donors (Lipinski definition) is 1. The highest BCUT2D eigenvalue weighted by molar-refractivity contribution is 6.04. The Morgan fingerprint density at radius 3 is 2.50 bits per heavy atom. The smallest absolute Gasteiger partial charge is 0.273 e. The predicted molar refractivity (Wildman–Crippen MR) is 122 cm³/mol. The fraction of sp³-hybridized carbons (Fsp3) is 0.292. The molecule has 1 saturated heterocycles. The Labute approximate surface area is 186 Å². The number of benzene rings is 2. The van der Waals surface area contributed by atoms with E-state index in [1.807, 2.05) is 18.2 Å². The molecular formula is C24H26N4O4. The molecule has 1 aliphatic rings. The molecule has 166 valence electrons. The van der Waals surface area contributed by atoms with Crippen LogP contribution in [0.3, 0.4) is 0 Å². The van der Waals surface area contributed by atoms with E-state index in [-0.39, 0.29) is 11.8 Å². The third-order valence-corrected chi connectivity index (χ3v) is 5.56. The summed E-state index contributed by atoms with van der Waals surface area (Å²) in [5.41, 5.74) is 3.23. The third-order valence-electron chi connectivity index (χ3n) is 5.56. The minimum atomic E-state index is -0.282. The van der Waals surface area contributed by atoms with Crippen LogP contribution in [-0.2, 0) is 11.8 Å². The molecule has 0 spiro atoms. The number of carbonyl (C=O) groups is 2. The number of nitrogens with zero attached hydrogens (tertiary/aromatic N) is 3. The molecule has 1 fully saturated rings. The van der Waals surface area contributed by atoms with Crippen LogP contribution in [-0.4, -0.2) is 42.4 Å². The molecule has 0 radical (unpaired) electrons. The van der Waals surface area contributed by atoms with Crippen LogP contribution in [0.5, 0.6) is 11.5 Å². The van der Waals surface area contributed by atoms with E-state index in [1.165, 1.54) is 4.68 Å². The molecular weight excluding hydrogens is 408 g/mol. The fourth-order valence-corrected chi connectivity index (χ4v) is 3.82. The zero-order valence-electron chi connectivity index (χ0n) is 18.4. The number of ether oxygens (including phenoxy) is 2. The number of amides is 2. The summed E-state index contributed by atoms with van der Waals surface area (Å²) in [6.07, 6.45) is 2.53. The Morgan fingerprint density at radius 1 is 1.03 bits per heavy atom. The topological polar surface area (TPSA) is 85.7 Å². The molecule has 2 amide bonds. The van der Waals surface area contributed by atoms with Gasteiger partial charge in [-0.15, -0.1) is 0 Å². The van der Waals surface area contributed by atoms with Gasteiger partial charge in [0.15, 0.2) is 0 Å².